The molecule has 1 N–H and O–H groups in total. The van der Waals surface area contributed by atoms with Crippen molar-refractivity contribution >= 4 is 5.78 Å². The van der Waals surface area contributed by atoms with Crippen LogP contribution in [0.3, 0.4) is 0 Å². The second-order valence-corrected chi connectivity index (χ2v) is 8.37. The number of carbonyl (C=O) groups is 1. The maximum atomic E-state index is 13.0. The smallest absolute Gasteiger partial charge is 0.162 e. The average molecular weight is 381 g/mol. The summed E-state index contributed by atoms with van der Waals surface area (Å²) >= 11 is 0. The van der Waals surface area contributed by atoms with Crippen molar-refractivity contribution in [1.82, 2.24) is 4.90 Å². The van der Waals surface area contributed by atoms with Crippen LogP contribution in [0.2, 0.25) is 0 Å². The Morgan fingerprint density at radius 3 is 2.68 bits per heavy atom. The maximum Gasteiger partial charge on any atom is 0.162 e. The van der Waals surface area contributed by atoms with Crippen LogP contribution < -0.4 is 0 Å². The second kappa shape index (κ2) is 8.14. The third kappa shape index (κ3) is 3.89. The van der Waals surface area contributed by atoms with Gasteiger partial charge in [-0.1, -0.05) is 24.3 Å². The number of likely N-dealkylation sites (tertiary alicyclic amines) is 1. The van der Waals surface area contributed by atoms with Crippen molar-refractivity contribution in [3.8, 4) is 0 Å². The summed E-state index contributed by atoms with van der Waals surface area (Å²) in [6.45, 7) is 2.89. The first-order chi connectivity index (χ1) is 13.6. The van der Waals surface area contributed by atoms with Crippen LogP contribution in [-0.2, 0) is 6.42 Å². The highest BCUT2D eigenvalue weighted by atomic mass is 19.1. The Morgan fingerprint density at radius 1 is 1.11 bits per heavy atom. The highest BCUT2D eigenvalue weighted by molar-refractivity contribution is 5.95. The van der Waals surface area contributed by atoms with Gasteiger partial charge in [-0.3, -0.25) is 4.79 Å². The third-order valence-corrected chi connectivity index (χ3v) is 6.59. The molecule has 2 unspecified atom stereocenters. The highest BCUT2D eigenvalue weighted by Gasteiger charge is 2.45. The molecule has 2 aromatic rings. The Labute approximate surface area is 166 Å². The molecule has 4 heteroatoms. The summed E-state index contributed by atoms with van der Waals surface area (Å²) in [4.78, 5) is 14.7. The first kappa shape index (κ1) is 19.3. The molecule has 1 aliphatic heterocycles. The minimum absolute atomic E-state index is 0.0254. The molecule has 0 aromatic heterocycles. The molecule has 28 heavy (non-hydrogen) atoms. The Kier molecular flexibility index (Phi) is 5.61. The SMILES string of the molecule is O=C(CCCN1CCCC2(CC1)Cc1ccccc1C2O)c1ccc(F)cc1. The number of carbonyl (C=O) groups excluding carboxylic acids is 1. The Morgan fingerprint density at radius 2 is 1.89 bits per heavy atom. The summed E-state index contributed by atoms with van der Waals surface area (Å²) in [7, 11) is 0. The molecule has 0 radical (unpaired) electrons. The normalized spacial score (nSPS) is 24.9. The highest BCUT2D eigenvalue weighted by Crippen LogP contribution is 2.51. The minimum Gasteiger partial charge on any atom is -0.388 e. The van der Waals surface area contributed by atoms with E-state index in [4.69, 9.17) is 0 Å². The lowest BCUT2D eigenvalue weighted by atomic mass is 9.76. The Balaban J connectivity index is 1.29. The van der Waals surface area contributed by atoms with Gasteiger partial charge in [-0.05, 0) is 87.1 Å². The summed E-state index contributed by atoms with van der Waals surface area (Å²) in [6.07, 6.45) is 5.04. The van der Waals surface area contributed by atoms with E-state index in [0.29, 0.717) is 12.0 Å². The number of ketones is 1. The second-order valence-electron chi connectivity index (χ2n) is 8.37. The van der Waals surface area contributed by atoms with E-state index in [1.54, 1.807) is 12.1 Å². The number of aliphatic hydroxyl groups is 1. The monoisotopic (exact) mass is 381 g/mol. The van der Waals surface area contributed by atoms with Gasteiger partial charge < -0.3 is 10.0 Å². The molecule has 1 heterocycles. The van der Waals surface area contributed by atoms with Crippen LogP contribution in [0, 0.1) is 11.2 Å². The van der Waals surface area contributed by atoms with Gasteiger partial charge in [-0.25, -0.2) is 4.39 Å². The molecule has 4 rings (SSSR count). The van der Waals surface area contributed by atoms with Crippen LogP contribution in [0.5, 0.6) is 0 Å². The summed E-state index contributed by atoms with van der Waals surface area (Å²) in [6, 6.07) is 14.1. The maximum absolute atomic E-state index is 13.0. The van der Waals surface area contributed by atoms with Crippen LogP contribution in [0.1, 0.15) is 59.7 Å². The van der Waals surface area contributed by atoms with Gasteiger partial charge in [-0.15, -0.1) is 0 Å². The van der Waals surface area contributed by atoms with E-state index in [-0.39, 0.29) is 23.1 Å². The van der Waals surface area contributed by atoms with Gasteiger partial charge in [0.2, 0.25) is 0 Å². The number of halogens is 1. The fourth-order valence-electron chi connectivity index (χ4n) is 4.96. The third-order valence-electron chi connectivity index (χ3n) is 6.59. The number of benzene rings is 2. The summed E-state index contributed by atoms with van der Waals surface area (Å²) in [5.41, 5.74) is 2.97. The molecule has 148 valence electrons. The topological polar surface area (TPSA) is 40.5 Å². The standard InChI is InChI=1S/C24H28FNO2/c25-20-10-8-18(9-11-20)22(27)7-3-14-26-15-4-12-24(13-16-26)17-19-5-1-2-6-21(19)23(24)28/h1-2,5-6,8-11,23,28H,3-4,7,12-17H2. The van der Waals surface area contributed by atoms with Crippen molar-refractivity contribution in [3.05, 3.63) is 71.0 Å². The molecule has 1 aliphatic carbocycles. The predicted molar refractivity (Wildman–Crippen MR) is 108 cm³/mol. The van der Waals surface area contributed by atoms with Crippen LogP contribution in [0.15, 0.2) is 48.5 Å². The van der Waals surface area contributed by atoms with E-state index >= 15 is 0 Å². The molecule has 1 fully saturated rings. The number of Topliss-reactive ketones (excluding diaryl/α,β-unsaturated/α-hetero) is 1. The van der Waals surface area contributed by atoms with Crippen molar-refractivity contribution in [2.24, 2.45) is 5.41 Å². The van der Waals surface area contributed by atoms with Gasteiger partial charge in [0.15, 0.2) is 5.78 Å². The van der Waals surface area contributed by atoms with Gasteiger partial charge in [0.1, 0.15) is 5.82 Å². The molecule has 2 aromatic carbocycles. The van der Waals surface area contributed by atoms with Crippen molar-refractivity contribution in [2.75, 3.05) is 19.6 Å². The van der Waals surface area contributed by atoms with Crippen molar-refractivity contribution in [3.63, 3.8) is 0 Å². The van der Waals surface area contributed by atoms with Crippen molar-refractivity contribution in [2.45, 2.75) is 44.6 Å². The van der Waals surface area contributed by atoms with E-state index in [9.17, 15) is 14.3 Å². The zero-order valence-corrected chi connectivity index (χ0v) is 16.2. The van der Waals surface area contributed by atoms with Crippen molar-refractivity contribution < 1.29 is 14.3 Å². The molecule has 0 amide bonds. The van der Waals surface area contributed by atoms with Gasteiger partial charge in [0, 0.05) is 17.4 Å². The van der Waals surface area contributed by atoms with E-state index in [1.165, 1.54) is 17.7 Å². The van der Waals surface area contributed by atoms with Gasteiger partial charge >= 0.3 is 0 Å². The van der Waals surface area contributed by atoms with Crippen LogP contribution in [-0.4, -0.2) is 35.4 Å². The molecule has 2 atom stereocenters. The zero-order valence-electron chi connectivity index (χ0n) is 16.2. The fraction of sp³-hybridized carbons (Fsp3) is 0.458. The Bertz CT molecular complexity index is 835. The van der Waals surface area contributed by atoms with Crippen molar-refractivity contribution in [1.29, 1.82) is 0 Å². The summed E-state index contributed by atoms with van der Waals surface area (Å²) < 4.78 is 13.0. The first-order valence-corrected chi connectivity index (χ1v) is 10.3. The number of hydrogen-bond donors (Lipinski definition) is 1. The van der Waals surface area contributed by atoms with Gasteiger partial charge in [0.25, 0.3) is 0 Å². The lowest BCUT2D eigenvalue weighted by Gasteiger charge is -2.32. The van der Waals surface area contributed by atoms with Gasteiger partial charge in [-0.2, -0.15) is 0 Å². The van der Waals surface area contributed by atoms with E-state index < -0.39 is 0 Å². The predicted octanol–water partition coefficient (Wildman–Crippen LogP) is 4.55. The fourth-order valence-corrected chi connectivity index (χ4v) is 4.96. The molecular weight excluding hydrogens is 353 g/mol. The van der Waals surface area contributed by atoms with Crippen LogP contribution in [0.4, 0.5) is 4.39 Å². The Hall–Kier alpha value is -2.04. The van der Waals surface area contributed by atoms with E-state index in [2.05, 4.69) is 23.1 Å². The lowest BCUT2D eigenvalue weighted by Crippen LogP contribution is -2.30. The van der Waals surface area contributed by atoms with Gasteiger partial charge in [0.05, 0.1) is 6.10 Å². The van der Waals surface area contributed by atoms with E-state index in [1.807, 2.05) is 6.07 Å². The molecule has 3 nitrogen and oxygen atoms in total. The van der Waals surface area contributed by atoms with Crippen LogP contribution >= 0.6 is 0 Å². The van der Waals surface area contributed by atoms with E-state index in [0.717, 1.165) is 57.3 Å². The quantitative estimate of drug-likeness (QED) is 0.773. The summed E-state index contributed by atoms with van der Waals surface area (Å²) in [5, 5.41) is 11.0. The number of rotatable bonds is 5. The molecule has 0 saturated carbocycles. The summed E-state index contributed by atoms with van der Waals surface area (Å²) in [5.74, 6) is -0.237. The van der Waals surface area contributed by atoms with Crippen LogP contribution in [0.25, 0.3) is 0 Å². The number of fused-ring (bicyclic) bond motifs is 1. The average Bonchev–Trinajstić information content (AvgIpc) is 2.84. The molecule has 2 aliphatic rings. The largest absolute Gasteiger partial charge is 0.388 e. The lowest BCUT2D eigenvalue weighted by molar-refractivity contribution is 0.0269. The molecule has 0 bridgehead atoms. The minimum atomic E-state index is -0.358. The number of aliphatic hydroxyl groups excluding tert-OH is 1. The number of hydrogen-bond acceptors (Lipinski definition) is 3. The number of nitrogens with zero attached hydrogens (tertiary/aromatic N) is 1. The molecular formula is C24H28FNO2. The first-order valence-electron chi connectivity index (χ1n) is 10.3. The molecule has 1 spiro atoms. The zero-order chi connectivity index (χ0) is 19.6. The molecule has 1 saturated heterocycles.